The summed E-state index contributed by atoms with van der Waals surface area (Å²) in [4.78, 5) is 27.0. The van der Waals surface area contributed by atoms with E-state index in [4.69, 9.17) is 0 Å². The standard InChI is InChI=1S/C16H28N2O2S/c1-5-15(3)14(20)18(12(2)13(19)17-15)11-16(21-4)9-7-6-8-10-16/h12H,5-11H2,1-4H3,(H,17,19). The Kier molecular flexibility index (Phi) is 4.91. The number of thioether (sulfide) groups is 1. The summed E-state index contributed by atoms with van der Waals surface area (Å²) in [7, 11) is 0. The van der Waals surface area contributed by atoms with Crippen molar-refractivity contribution >= 4 is 23.6 Å². The van der Waals surface area contributed by atoms with E-state index in [2.05, 4.69) is 11.6 Å². The van der Waals surface area contributed by atoms with Crippen molar-refractivity contribution in [3.63, 3.8) is 0 Å². The number of hydrogen-bond acceptors (Lipinski definition) is 3. The van der Waals surface area contributed by atoms with Crippen LogP contribution in [0.2, 0.25) is 0 Å². The van der Waals surface area contributed by atoms with Gasteiger partial charge in [0.1, 0.15) is 11.6 Å². The molecule has 21 heavy (non-hydrogen) atoms. The quantitative estimate of drug-likeness (QED) is 0.868. The van der Waals surface area contributed by atoms with Gasteiger partial charge in [-0.25, -0.2) is 0 Å². The van der Waals surface area contributed by atoms with Gasteiger partial charge < -0.3 is 10.2 Å². The zero-order chi connectivity index (χ0) is 15.7. The zero-order valence-electron chi connectivity index (χ0n) is 13.7. The van der Waals surface area contributed by atoms with Gasteiger partial charge in [0.05, 0.1) is 0 Å². The molecular formula is C16H28N2O2S. The van der Waals surface area contributed by atoms with Gasteiger partial charge in [0.2, 0.25) is 11.8 Å². The molecule has 2 unspecified atom stereocenters. The lowest BCUT2D eigenvalue weighted by Crippen LogP contribution is -2.69. The van der Waals surface area contributed by atoms with Crippen LogP contribution in [0.15, 0.2) is 0 Å². The van der Waals surface area contributed by atoms with Crippen LogP contribution in [0.3, 0.4) is 0 Å². The first kappa shape index (κ1) is 16.7. The van der Waals surface area contributed by atoms with Gasteiger partial charge in [-0.3, -0.25) is 9.59 Å². The molecule has 2 atom stereocenters. The Bertz CT molecular complexity index is 421. The normalized spacial score (nSPS) is 33.0. The predicted octanol–water partition coefficient (Wildman–Crippen LogP) is 2.57. The van der Waals surface area contributed by atoms with E-state index in [1.807, 2.05) is 37.4 Å². The lowest BCUT2D eigenvalue weighted by molar-refractivity contribution is -0.154. The molecule has 1 N–H and O–H groups in total. The van der Waals surface area contributed by atoms with Gasteiger partial charge in [0, 0.05) is 11.3 Å². The average molecular weight is 312 g/mol. The van der Waals surface area contributed by atoms with E-state index in [0.29, 0.717) is 13.0 Å². The molecule has 2 amide bonds. The van der Waals surface area contributed by atoms with E-state index in [9.17, 15) is 9.59 Å². The minimum Gasteiger partial charge on any atom is -0.340 e. The van der Waals surface area contributed by atoms with Crippen LogP contribution >= 0.6 is 11.8 Å². The lowest BCUT2D eigenvalue weighted by Gasteiger charge is -2.47. The molecule has 0 bridgehead atoms. The monoisotopic (exact) mass is 312 g/mol. The highest BCUT2D eigenvalue weighted by atomic mass is 32.2. The molecule has 2 fully saturated rings. The Morgan fingerprint density at radius 1 is 1.29 bits per heavy atom. The Morgan fingerprint density at radius 3 is 2.43 bits per heavy atom. The highest BCUT2D eigenvalue weighted by Gasteiger charge is 2.47. The summed E-state index contributed by atoms with van der Waals surface area (Å²) >= 11 is 1.87. The lowest BCUT2D eigenvalue weighted by atomic mass is 9.85. The summed E-state index contributed by atoms with van der Waals surface area (Å²) in [6, 6.07) is -0.358. The molecule has 2 aliphatic rings. The first-order valence-electron chi connectivity index (χ1n) is 8.06. The van der Waals surface area contributed by atoms with E-state index >= 15 is 0 Å². The van der Waals surface area contributed by atoms with Gasteiger partial charge in [0.25, 0.3) is 0 Å². The smallest absolute Gasteiger partial charge is 0.248 e. The number of nitrogens with zero attached hydrogens (tertiary/aromatic N) is 1. The van der Waals surface area contributed by atoms with E-state index in [1.165, 1.54) is 19.3 Å². The van der Waals surface area contributed by atoms with E-state index < -0.39 is 5.54 Å². The molecule has 1 aliphatic heterocycles. The molecule has 1 aliphatic carbocycles. The van der Waals surface area contributed by atoms with Crippen LogP contribution in [-0.2, 0) is 9.59 Å². The molecular weight excluding hydrogens is 284 g/mol. The summed E-state index contributed by atoms with van der Waals surface area (Å²) in [6.45, 7) is 6.35. The molecule has 4 nitrogen and oxygen atoms in total. The minimum absolute atomic E-state index is 0.0222. The summed E-state index contributed by atoms with van der Waals surface area (Å²) < 4.78 is 0.133. The minimum atomic E-state index is -0.738. The van der Waals surface area contributed by atoms with Crippen molar-refractivity contribution in [2.45, 2.75) is 75.6 Å². The second-order valence-corrected chi connectivity index (χ2v) is 8.01. The maximum absolute atomic E-state index is 12.9. The van der Waals surface area contributed by atoms with Crippen LogP contribution < -0.4 is 5.32 Å². The maximum Gasteiger partial charge on any atom is 0.248 e. The highest BCUT2D eigenvalue weighted by molar-refractivity contribution is 8.00. The van der Waals surface area contributed by atoms with Crippen molar-refractivity contribution in [1.29, 1.82) is 0 Å². The molecule has 1 saturated heterocycles. The Labute approximate surface area is 132 Å². The van der Waals surface area contributed by atoms with Crippen LogP contribution in [0.25, 0.3) is 0 Å². The topological polar surface area (TPSA) is 49.4 Å². The number of carbonyl (C=O) groups excluding carboxylic acids is 2. The fourth-order valence-corrected chi connectivity index (χ4v) is 4.41. The summed E-state index contributed by atoms with van der Waals surface area (Å²) in [5, 5.41) is 2.90. The van der Waals surface area contributed by atoms with Crippen LogP contribution in [-0.4, -0.2) is 45.8 Å². The summed E-state index contributed by atoms with van der Waals surface area (Å²) in [6.07, 6.45) is 8.82. The molecule has 120 valence electrons. The van der Waals surface area contributed by atoms with E-state index in [-0.39, 0.29) is 22.6 Å². The molecule has 1 heterocycles. The van der Waals surface area contributed by atoms with Crippen LogP contribution in [0, 0.1) is 0 Å². The number of piperazine rings is 1. The fraction of sp³-hybridized carbons (Fsp3) is 0.875. The Hall–Kier alpha value is -0.710. The SMILES string of the molecule is CCC1(C)NC(=O)C(C)N(CC2(SC)CCCCC2)C1=O. The third-order valence-electron chi connectivity index (χ3n) is 5.34. The van der Waals surface area contributed by atoms with Crippen molar-refractivity contribution in [1.82, 2.24) is 10.2 Å². The van der Waals surface area contributed by atoms with Crippen molar-refractivity contribution < 1.29 is 9.59 Å². The molecule has 0 aromatic heterocycles. The summed E-state index contributed by atoms with van der Waals surface area (Å²) in [5.74, 6) is 0.0575. The van der Waals surface area contributed by atoms with Crippen LogP contribution in [0.5, 0.6) is 0 Å². The van der Waals surface area contributed by atoms with Gasteiger partial charge in [-0.15, -0.1) is 0 Å². The van der Waals surface area contributed by atoms with Crippen molar-refractivity contribution in [3.8, 4) is 0 Å². The van der Waals surface area contributed by atoms with Gasteiger partial charge >= 0.3 is 0 Å². The van der Waals surface area contributed by atoms with Crippen molar-refractivity contribution in [3.05, 3.63) is 0 Å². The molecule has 0 aromatic rings. The Balaban J connectivity index is 2.22. The predicted molar refractivity (Wildman–Crippen MR) is 87.3 cm³/mol. The van der Waals surface area contributed by atoms with Crippen molar-refractivity contribution in [2.24, 2.45) is 0 Å². The average Bonchev–Trinajstić information content (AvgIpc) is 2.50. The molecule has 0 spiro atoms. The largest absolute Gasteiger partial charge is 0.340 e. The number of carbonyl (C=O) groups is 2. The van der Waals surface area contributed by atoms with E-state index in [1.54, 1.807) is 0 Å². The van der Waals surface area contributed by atoms with Crippen LogP contribution in [0.4, 0.5) is 0 Å². The maximum atomic E-state index is 12.9. The molecule has 0 radical (unpaired) electrons. The third kappa shape index (κ3) is 3.08. The number of hydrogen-bond donors (Lipinski definition) is 1. The molecule has 0 aromatic carbocycles. The second-order valence-electron chi connectivity index (χ2n) is 6.73. The number of amides is 2. The summed E-state index contributed by atoms with van der Waals surface area (Å²) in [5.41, 5.74) is -0.738. The van der Waals surface area contributed by atoms with Gasteiger partial charge in [0.15, 0.2) is 0 Å². The van der Waals surface area contributed by atoms with Crippen LogP contribution in [0.1, 0.15) is 59.3 Å². The second kappa shape index (κ2) is 6.19. The third-order valence-corrected chi connectivity index (χ3v) is 6.75. The van der Waals surface area contributed by atoms with E-state index in [0.717, 1.165) is 12.8 Å². The van der Waals surface area contributed by atoms with Gasteiger partial charge in [-0.05, 0) is 39.4 Å². The first-order valence-corrected chi connectivity index (χ1v) is 9.28. The van der Waals surface area contributed by atoms with Crippen molar-refractivity contribution in [2.75, 3.05) is 12.8 Å². The Morgan fingerprint density at radius 2 is 1.90 bits per heavy atom. The fourth-order valence-electron chi connectivity index (χ4n) is 3.45. The number of nitrogens with one attached hydrogen (secondary N) is 1. The number of rotatable bonds is 4. The van der Waals surface area contributed by atoms with Gasteiger partial charge in [-0.1, -0.05) is 26.2 Å². The molecule has 1 saturated carbocycles. The van der Waals surface area contributed by atoms with Gasteiger partial charge in [-0.2, -0.15) is 11.8 Å². The zero-order valence-corrected chi connectivity index (χ0v) is 14.5. The first-order chi connectivity index (χ1) is 9.87. The molecule has 2 rings (SSSR count). The highest BCUT2D eigenvalue weighted by Crippen LogP contribution is 2.40. The molecule has 5 heteroatoms.